The van der Waals surface area contributed by atoms with Crippen molar-refractivity contribution in [2.45, 2.75) is 39.2 Å². The molecule has 0 bridgehead atoms. The zero-order chi connectivity index (χ0) is 11.4. The summed E-state index contributed by atoms with van der Waals surface area (Å²) >= 11 is 0. The summed E-state index contributed by atoms with van der Waals surface area (Å²) in [6, 6.07) is 9.20. The van der Waals surface area contributed by atoms with Gasteiger partial charge in [-0.05, 0) is 31.2 Å². The summed E-state index contributed by atoms with van der Waals surface area (Å²) in [5, 5.41) is 0. The fraction of sp³-hybridized carbons (Fsp3) is 0.600. The van der Waals surface area contributed by atoms with Gasteiger partial charge in [0.25, 0.3) is 0 Å². The summed E-state index contributed by atoms with van der Waals surface area (Å²) in [5.74, 6) is 0. The number of benzene rings is 1. The minimum Gasteiger partial charge on any atom is -0.322 e. The van der Waals surface area contributed by atoms with E-state index in [9.17, 15) is 0 Å². The minimum atomic E-state index is 1.15. The standard InChI is InChI=1S/C15H24N/c1-3-14-7-9-15(10-8-14)13-16(2)11-5-4-6-12-16/h7-10H,3-6,11-13H2,1-2H3/q+1. The van der Waals surface area contributed by atoms with E-state index < -0.39 is 0 Å². The first-order valence-electron chi connectivity index (χ1n) is 6.63. The normalized spacial score (nSPS) is 19.6. The van der Waals surface area contributed by atoms with Gasteiger partial charge in [-0.25, -0.2) is 0 Å². The molecule has 0 aliphatic carbocycles. The molecule has 1 aliphatic rings. The molecule has 88 valence electrons. The zero-order valence-corrected chi connectivity index (χ0v) is 10.7. The molecule has 1 heteroatoms. The van der Waals surface area contributed by atoms with Crippen molar-refractivity contribution in [2.75, 3.05) is 20.1 Å². The van der Waals surface area contributed by atoms with Gasteiger partial charge in [0, 0.05) is 5.56 Å². The molecule has 0 radical (unpaired) electrons. The molecule has 1 nitrogen and oxygen atoms in total. The van der Waals surface area contributed by atoms with Crippen molar-refractivity contribution >= 4 is 0 Å². The largest absolute Gasteiger partial charge is 0.322 e. The predicted octanol–water partition coefficient (Wildman–Crippen LogP) is 3.38. The van der Waals surface area contributed by atoms with E-state index >= 15 is 0 Å². The Morgan fingerprint density at radius 2 is 1.50 bits per heavy atom. The van der Waals surface area contributed by atoms with Gasteiger partial charge < -0.3 is 4.48 Å². The van der Waals surface area contributed by atoms with Crippen molar-refractivity contribution in [2.24, 2.45) is 0 Å². The maximum atomic E-state index is 2.41. The molecular formula is C15H24N+. The highest BCUT2D eigenvalue weighted by Crippen LogP contribution is 2.20. The van der Waals surface area contributed by atoms with E-state index in [1.807, 2.05) is 0 Å². The molecule has 1 aromatic rings. The van der Waals surface area contributed by atoms with Crippen molar-refractivity contribution in [3.8, 4) is 0 Å². The van der Waals surface area contributed by atoms with Crippen LogP contribution in [0.3, 0.4) is 0 Å². The van der Waals surface area contributed by atoms with Gasteiger partial charge in [0.05, 0.1) is 20.1 Å². The summed E-state index contributed by atoms with van der Waals surface area (Å²) in [5.41, 5.74) is 2.95. The SMILES string of the molecule is CCc1ccc(C[N+]2(C)CCCCC2)cc1. The highest BCUT2D eigenvalue weighted by molar-refractivity contribution is 5.21. The number of piperidine rings is 1. The van der Waals surface area contributed by atoms with Crippen LogP contribution in [0.15, 0.2) is 24.3 Å². The van der Waals surface area contributed by atoms with Crippen molar-refractivity contribution < 1.29 is 4.48 Å². The summed E-state index contributed by atoms with van der Waals surface area (Å²) in [6.45, 7) is 6.14. The lowest BCUT2D eigenvalue weighted by Gasteiger charge is -2.37. The zero-order valence-electron chi connectivity index (χ0n) is 10.7. The van der Waals surface area contributed by atoms with Gasteiger partial charge in [0.15, 0.2) is 0 Å². The van der Waals surface area contributed by atoms with Crippen LogP contribution in [0.25, 0.3) is 0 Å². The molecule has 1 heterocycles. The molecule has 0 amide bonds. The predicted molar refractivity (Wildman–Crippen MR) is 69.3 cm³/mol. The lowest BCUT2D eigenvalue weighted by molar-refractivity contribution is -0.926. The monoisotopic (exact) mass is 218 g/mol. The van der Waals surface area contributed by atoms with E-state index in [2.05, 4.69) is 38.2 Å². The van der Waals surface area contributed by atoms with Crippen LogP contribution in [0.4, 0.5) is 0 Å². The molecule has 2 rings (SSSR count). The molecule has 0 N–H and O–H groups in total. The Labute approximate surface area is 99.7 Å². The van der Waals surface area contributed by atoms with Gasteiger partial charge in [-0.1, -0.05) is 31.2 Å². The van der Waals surface area contributed by atoms with Gasteiger partial charge in [-0.3, -0.25) is 0 Å². The molecule has 1 aliphatic heterocycles. The van der Waals surface area contributed by atoms with E-state index in [0.29, 0.717) is 0 Å². The number of likely N-dealkylation sites (tertiary alicyclic amines) is 1. The quantitative estimate of drug-likeness (QED) is 0.682. The van der Waals surface area contributed by atoms with Gasteiger partial charge in [-0.15, -0.1) is 0 Å². The number of rotatable bonds is 3. The van der Waals surface area contributed by atoms with Crippen LogP contribution < -0.4 is 0 Å². The van der Waals surface area contributed by atoms with Crippen LogP contribution in [0.1, 0.15) is 37.3 Å². The lowest BCUT2D eigenvalue weighted by Crippen LogP contribution is -2.46. The Morgan fingerprint density at radius 3 is 2.06 bits per heavy atom. The molecular weight excluding hydrogens is 194 g/mol. The average Bonchev–Trinajstić information content (AvgIpc) is 2.30. The molecule has 1 aromatic carbocycles. The molecule has 0 atom stereocenters. The first-order chi connectivity index (χ1) is 7.72. The van der Waals surface area contributed by atoms with Crippen LogP contribution in [0, 0.1) is 0 Å². The van der Waals surface area contributed by atoms with Crippen molar-refractivity contribution in [1.82, 2.24) is 0 Å². The van der Waals surface area contributed by atoms with Crippen molar-refractivity contribution in [3.63, 3.8) is 0 Å². The number of aryl methyl sites for hydroxylation is 1. The van der Waals surface area contributed by atoms with E-state index in [1.165, 1.54) is 54.5 Å². The van der Waals surface area contributed by atoms with Crippen molar-refractivity contribution in [3.05, 3.63) is 35.4 Å². The van der Waals surface area contributed by atoms with Gasteiger partial charge in [0.2, 0.25) is 0 Å². The number of quaternary nitrogens is 1. The number of hydrogen-bond donors (Lipinski definition) is 0. The molecule has 0 aromatic heterocycles. The molecule has 1 fully saturated rings. The van der Waals surface area contributed by atoms with E-state index in [0.717, 1.165) is 6.42 Å². The fourth-order valence-electron chi connectivity index (χ4n) is 2.75. The molecule has 0 unspecified atom stereocenters. The topological polar surface area (TPSA) is 0 Å². The summed E-state index contributed by atoms with van der Waals surface area (Å²) in [4.78, 5) is 0. The Bertz CT molecular complexity index is 320. The number of nitrogens with zero attached hydrogens (tertiary/aromatic N) is 1. The van der Waals surface area contributed by atoms with Gasteiger partial charge >= 0.3 is 0 Å². The maximum absolute atomic E-state index is 2.41. The Hall–Kier alpha value is -0.820. The summed E-state index contributed by atoms with van der Waals surface area (Å²) in [7, 11) is 2.41. The van der Waals surface area contributed by atoms with Crippen LogP contribution in [0.5, 0.6) is 0 Å². The first-order valence-corrected chi connectivity index (χ1v) is 6.63. The third-order valence-electron chi connectivity index (χ3n) is 3.89. The molecule has 16 heavy (non-hydrogen) atoms. The second-order valence-corrected chi connectivity index (χ2v) is 5.46. The van der Waals surface area contributed by atoms with E-state index in [4.69, 9.17) is 0 Å². The smallest absolute Gasteiger partial charge is 0.104 e. The summed E-state index contributed by atoms with van der Waals surface area (Å²) in [6.07, 6.45) is 5.39. The van der Waals surface area contributed by atoms with Gasteiger partial charge in [-0.2, -0.15) is 0 Å². The Kier molecular flexibility index (Phi) is 3.65. The fourth-order valence-corrected chi connectivity index (χ4v) is 2.75. The van der Waals surface area contributed by atoms with Crippen molar-refractivity contribution in [1.29, 1.82) is 0 Å². The highest BCUT2D eigenvalue weighted by Gasteiger charge is 2.24. The number of hydrogen-bond acceptors (Lipinski definition) is 0. The molecule has 0 saturated carbocycles. The molecule has 1 saturated heterocycles. The van der Waals surface area contributed by atoms with E-state index in [1.54, 1.807) is 0 Å². The third-order valence-corrected chi connectivity index (χ3v) is 3.89. The highest BCUT2D eigenvalue weighted by atomic mass is 15.3. The average molecular weight is 218 g/mol. The van der Waals surface area contributed by atoms with Crippen LogP contribution in [0.2, 0.25) is 0 Å². The van der Waals surface area contributed by atoms with Gasteiger partial charge in [0.1, 0.15) is 6.54 Å². The van der Waals surface area contributed by atoms with Crippen LogP contribution in [-0.2, 0) is 13.0 Å². The second kappa shape index (κ2) is 5.01. The second-order valence-electron chi connectivity index (χ2n) is 5.46. The minimum absolute atomic E-state index is 1.15. The summed E-state index contributed by atoms with van der Waals surface area (Å²) < 4.78 is 1.24. The van der Waals surface area contributed by atoms with Crippen LogP contribution >= 0.6 is 0 Å². The first kappa shape index (κ1) is 11.7. The maximum Gasteiger partial charge on any atom is 0.104 e. The molecule has 0 spiro atoms. The lowest BCUT2D eigenvalue weighted by atomic mass is 10.1. The third kappa shape index (κ3) is 2.85. The van der Waals surface area contributed by atoms with Crippen LogP contribution in [-0.4, -0.2) is 24.6 Å². The Balaban J connectivity index is 2.01. The van der Waals surface area contributed by atoms with E-state index in [-0.39, 0.29) is 0 Å². The Morgan fingerprint density at radius 1 is 0.938 bits per heavy atom.